The number of benzene rings is 2. The fraction of sp³-hybridized carbons (Fsp3) is 0.227. The Morgan fingerprint density at radius 2 is 2.00 bits per heavy atom. The summed E-state index contributed by atoms with van der Waals surface area (Å²) in [5, 5.41) is 21.0. The maximum Gasteiger partial charge on any atom is 0.230 e. The van der Waals surface area contributed by atoms with E-state index in [1.807, 2.05) is 12.1 Å². The van der Waals surface area contributed by atoms with Crippen molar-refractivity contribution in [1.29, 1.82) is 5.26 Å². The Labute approximate surface area is 190 Å². The molecule has 0 bridgehead atoms. The van der Waals surface area contributed by atoms with Crippen LogP contribution >= 0.6 is 22.9 Å². The summed E-state index contributed by atoms with van der Waals surface area (Å²) in [6.45, 7) is 0. The summed E-state index contributed by atoms with van der Waals surface area (Å²) in [6.07, 6.45) is 1.57. The number of halogens is 2. The van der Waals surface area contributed by atoms with E-state index in [4.69, 9.17) is 21.3 Å². The lowest BCUT2D eigenvalue weighted by Gasteiger charge is -2.06. The third-order valence-corrected chi connectivity index (χ3v) is 6.47. The molecular formula is C22H15ClFN5O2S. The molecule has 10 heteroatoms. The van der Waals surface area contributed by atoms with Crippen molar-refractivity contribution >= 4 is 39.1 Å². The molecule has 32 heavy (non-hydrogen) atoms. The predicted molar refractivity (Wildman–Crippen MR) is 117 cm³/mol. The van der Waals surface area contributed by atoms with Crippen molar-refractivity contribution in [3.05, 3.63) is 64.0 Å². The first-order chi connectivity index (χ1) is 15.4. The van der Waals surface area contributed by atoms with Gasteiger partial charge in [0.2, 0.25) is 17.7 Å². The number of thiazole rings is 1. The van der Waals surface area contributed by atoms with E-state index < -0.39 is 5.54 Å². The number of rotatable bonds is 6. The average molecular weight is 468 g/mol. The van der Waals surface area contributed by atoms with E-state index in [1.54, 1.807) is 12.1 Å². The predicted octanol–water partition coefficient (Wildman–Crippen LogP) is 4.44. The van der Waals surface area contributed by atoms with E-state index >= 15 is 0 Å². The van der Waals surface area contributed by atoms with Gasteiger partial charge >= 0.3 is 0 Å². The van der Waals surface area contributed by atoms with Gasteiger partial charge in [-0.3, -0.25) is 4.79 Å². The maximum absolute atomic E-state index is 13.2. The van der Waals surface area contributed by atoms with Crippen molar-refractivity contribution in [3.63, 3.8) is 0 Å². The molecule has 1 N–H and O–H groups in total. The van der Waals surface area contributed by atoms with Crippen LogP contribution in [0, 0.1) is 17.1 Å². The van der Waals surface area contributed by atoms with Crippen molar-refractivity contribution in [2.45, 2.75) is 31.2 Å². The van der Waals surface area contributed by atoms with Crippen molar-refractivity contribution in [2.24, 2.45) is 0 Å². The van der Waals surface area contributed by atoms with Gasteiger partial charge < -0.3 is 9.73 Å². The number of carbonyl (C=O) groups is 1. The summed E-state index contributed by atoms with van der Waals surface area (Å²) in [5.41, 5.74) is 1.61. The second-order valence-corrected chi connectivity index (χ2v) is 9.12. The smallest absolute Gasteiger partial charge is 0.230 e. The number of hydrogen-bond acceptors (Lipinski definition) is 7. The number of amides is 1. The van der Waals surface area contributed by atoms with E-state index in [-0.39, 0.29) is 24.0 Å². The number of fused-ring (bicyclic) bond motifs is 1. The Hall–Kier alpha value is -3.35. The summed E-state index contributed by atoms with van der Waals surface area (Å²) in [7, 11) is 0. The molecule has 0 atom stereocenters. The van der Waals surface area contributed by atoms with E-state index in [2.05, 4.69) is 26.6 Å². The number of nitriles is 1. The van der Waals surface area contributed by atoms with E-state index in [0.29, 0.717) is 30.2 Å². The zero-order valence-corrected chi connectivity index (χ0v) is 18.1. The Kier molecular flexibility index (Phi) is 5.12. The van der Waals surface area contributed by atoms with Gasteiger partial charge in [-0.25, -0.2) is 9.37 Å². The molecule has 2 heterocycles. The Morgan fingerprint density at radius 3 is 2.72 bits per heavy atom. The Bertz CT molecular complexity index is 1370. The first kappa shape index (κ1) is 20.5. The molecule has 0 saturated heterocycles. The fourth-order valence-corrected chi connectivity index (χ4v) is 4.64. The van der Waals surface area contributed by atoms with E-state index in [0.717, 1.165) is 26.4 Å². The van der Waals surface area contributed by atoms with Crippen LogP contribution in [0.1, 0.15) is 29.6 Å². The largest absolute Gasteiger partial charge is 0.424 e. The molecule has 4 aromatic rings. The van der Waals surface area contributed by atoms with Crippen molar-refractivity contribution in [2.75, 3.05) is 0 Å². The van der Waals surface area contributed by atoms with Crippen molar-refractivity contribution in [1.82, 2.24) is 20.5 Å². The number of aromatic nitrogens is 3. The molecule has 2 aromatic heterocycles. The maximum atomic E-state index is 13.2. The van der Waals surface area contributed by atoms with Crippen LogP contribution in [0.15, 0.2) is 40.8 Å². The third-order valence-electron chi connectivity index (χ3n) is 5.14. The highest BCUT2D eigenvalue weighted by Gasteiger charge is 2.44. The first-order valence-electron chi connectivity index (χ1n) is 9.81. The Balaban J connectivity index is 1.31. The highest BCUT2D eigenvalue weighted by Crippen LogP contribution is 2.35. The molecule has 1 saturated carbocycles. The lowest BCUT2D eigenvalue weighted by molar-refractivity contribution is -0.121. The van der Waals surface area contributed by atoms with E-state index in [1.165, 1.54) is 23.5 Å². The molecule has 1 aliphatic rings. The zero-order chi connectivity index (χ0) is 22.3. The minimum absolute atomic E-state index is 0.0765. The summed E-state index contributed by atoms with van der Waals surface area (Å²) >= 11 is 7.90. The number of nitrogens with zero attached hydrogens (tertiary/aromatic N) is 4. The third kappa shape index (κ3) is 4.20. The van der Waals surface area contributed by atoms with Crippen LogP contribution in [0.4, 0.5) is 4.39 Å². The van der Waals surface area contributed by atoms with Gasteiger partial charge in [-0.2, -0.15) is 5.26 Å². The van der Waals surface area contributed by atoms with Gasteiger partial charge in [0.1, 0.15) is 22.8 Å². The van der Waals surface area contributed by atoms with Crippen LogP contribution < -0.4 is 5.32 Å². The van der Waals surface area contributed by atoms with Crippen LogP contribution in [0.2, 0.25) is 5.02 Å². The molecule has 1 fully saturated rings. The quantitative estimate of drug-likeness (QED) is 0.449. The number of hydrogen-bond donors (Lipinski definition) is 1. The van der Waals surface area contributed by atoms with E-state index in [9.17, 15) is 9.18 Å². The molecular weight excluding hydrogens is 453 g/mol. The standard InChI is InChI=1S/C22H15ClFN5O2S/c23-15-8-17-16(7-14(15)12-1-3-13(24)4-2-12)26-21(32-17)10-20-29-28-19(31-20)9-18(30)27-22(11-25)5-6-22/h1-4,7-8H,5-6,9-10H2,(H,27,30). The van der Waals surface area contributed by atoms with Crippen LogP contribution in [-0.2, 0) is 17.6 Å². The van der Waals surface area contributed by atoms with Gasteiger partial charge in [0, 0.05) is 10.6 Å². The normalized spacial score (nSPS) is 14.3. The molecule has 5 rings (SSSR count). The van der Waals surface area contributed by atoms with Crippen LogP contribution in [0.3, 0.4) is 0 Å². The van der Waals surface area contributed by atoms with Gasteiger partial charge in [0.25, 0.3) is 0 Å². The summed E-state index contributed by atoms with van der Waals surface area (Å²) in [4.78, 5) is 16.7. The highest BCUT2D eigenvalue weighted by atomic mass is 35.5. The molecule has 2 aromatic carbocycles. The molecule has 1 aliphatic carbocycles. The average Bonchev–Trinajstić information content (AvgIpc) is 3.22. The lowest BCUT2D eigenvalue weighted by Crippen LogP contribution is -2.36. The molecule has 0 aliphatic heterocycles. The second kappa shape index (κ2) is 7.97. The summed E-state index contributed by atoms with van der Waals surface area (Å²) in [5.74, 6) is -0.0928. The zero-order valence-electron chi connectivity index (χ0n) is 16.6. The van der Waals surface area contributed by atoms with Crippen LogP contribution in [0.25, 0.3) is 21.3 Å². The molecule has 7 nitrogen and oxygen atoms in total. The molecule has 0 unspecified atom stereocenters. The SMILES string of the molecule is N#CC1(NC(=O)Cc2nnc(Cc3nc4cc(-c5ccc(F)cc5)c(Cl)cc4s3)o2)CC1. The topological polar surface area (TPSA) is 105 Å². The monoisotopic (exact) mass is 467 g/mol. The minimum atomic E-state index is -0.727. The van der Waals surface area contributed by atoms with Gasteiger partial charge in [0.15, 0.2) is 0 Å². The van der Waals surface area contributed by atoms with Crippen LogP contribution in [-0.4, -0.2) is 26.6 Å². The Morgan fingerprint density at radius 1 is 1.25 bits per heavy atom. The fourth-order valence-electron chi connectivity index (χ4n) is 3.32. The summed E-state index contributed by atoms with van der Waals surface area (Å²) in [6, 6.07) is 11.9. The van der Waals surface area contributed by atoms with Crippen molar-refractivity contribution < 1.29 is 13.6 Å². The number of nitrogens with one attached hydrogen (secondary N) is 1. The molecule has 0 spiro atoms. The van der Waals surface area contributed by atoms with Gasteiger partial charge in [-0.15, -0.1) is 21.5 Å². The molecule has 160 valence electrons. The lowest BCUT2D eigenvalue weighted by atomic mass is 10.1. The van der Waals surface area contributed by atoms with Gasteiger partial charge in [0.05, 0.1) is 22.7 Å². The number of carbonyl (C=O) groups excluding carboxylic acids is 1. The second-order valence-electron chi connectivity index (χ2n) is 7.60. The minimum Gasteiger partial charge on any atom is -0.424 e. The first-order valence-corrected chi connectivity index (χ1v) is 11.0. The highest BCUT2D eigenvalue weighted by molar-refractivity contribution is 7.18. The molecule has 1 amide bonds. The van der Waals surface area contributed by atoms with Crippen molar-refractivity contribution in [3.8, 4) is 17.2 Å². The van der Waals surface area contributed by atoms with Gasteiger partial charge in [-0.05, 0) is 42.7 Å². The molecule has 0 radical (unpaired) electrons. The summed E-state index contributed by atoms with van der Waals surface area (Å²) < 4.78 is 19.7. The van der Waals surface area contributed by atoms with Crippen LogP contribution in [0.5, 0.6) is 0 Å². The van der Waals surface area contributed by atoms with Gasteiger partial charge in [-0.1, -0.05) is 23.7 Å².